The minimum absolute atomic E-state index is 0.0513. The van der Waals surface area contributed by atoms with Crippen molar-refractivity contribution in [1.82, 2.24) is 15.0 Å². The number of carbonyl (C=O) groups is 1. The van der Waals surface area contributed by atoms with Gasteiger partial charge >= 0.3 is 6.09 Å². The summed E-state index contributed by atoms with van der Waals surface area (Å²) in [6.45, 7) is 10.6. The number of benzene rings is 2. The van der Waals surface area contributed by atoms with Gasteiger partial charge in [0.15, 0.2) is 0 Å². The van der Waals surface area contributed by atoms with Crippen LogP contribution in [0.3, 0.4) is 0 Å². The summed E-state index contributed by atoms with van der Waals surface area (Å²) in [7, 11) is 1.72. The number of amides is 1. The van der Waals surface area contributed by atoms with E-state index in [9.17, 15) is 4.79 Å². The molecule has 8 heteroatoms. The van der Waals surface area contributed by atoms with Gasteiger partial charge in [0, 0.05) is 43.0 Å². The first-order valence-corrected chi connectivity index (χ1v) is 11.8. The number of hydrogen-bond acceptors (Lipinski definition) is 7. The standard InChI is InChI=1S/C27H32N4O4/c1-17(2)33-23-11-10-18(14-20(23)15-28-6)25-29-24(30-35-25)22-9-7-8-19-16-31(13-12-21(19)22)26(32)34-27(3,4)5/h7-11,14-15,17H,12-13,16H2,1-6H3. The highest BCUT2D eigenvalue weighted by Gasteiger charge is 2.27. The lowest BCUT2D eigenvalue weighted by Gasteiger charge is -2.31. The van der Waals surface area contributed by atoms with Crippen LogP contribution in [0.2, 0.25) is 0 Å². The molecule has 1 aliphatic heterocycles. The normalized spacial score (nSPS) is 13.9. The summed E-state index contributed by atoms with van der Waals surface area (Å²) in [5.41, 5.74) is 4.20. The Bertz CT molecular complexity index is 1240. The highest BCUT2D eigenvalue weighted by molar-refractivity contribution is 5.85. The summed E-state index contributed by atoms with van der Waals surface area (Å²) in [5, 5.41) is 4.26. The molecule has 2 heterocycles. The van der Waals surface area contributed by atoms with Gasteiger partial charge in [-0.2, -0.15) is 4.98 Å². The molecule has 184 valence electrons. The Balaban J connectivity index is 1.59. The number of aliphatic imine (C=N–C) groups is 1. The third kappa shape index (κ3) is 5.70. The van der Waals surface area contributed by atoms with Crippen LogP contribution in [0.25, 0.3) is 22.8 Å². The fourth-order valence-electron chi connectivity index (χ4n) is 4.03. The Labute approximate surface area is 206 Å². The molecule has 0 N–H and O–H groups in total. The minimum Gasteiger partial charge on any atom is -0.490 e. The molecule has 0 saturated carbocycles. The van der Waals surface area contributed by atoms with Gasteiger partial charge in [-0.3, -0.25) is 4.99 Å². The monoisotopic (exact) mass is 476 g/mol. The Morgan fingerprint density at radius 1 is 1.23 bits per heavy atom. The maximum absolute atomic E-state index is 12.5. The van der Waals surface area contributed by atoms with Gasteiger partial charge in [0.05, 0.1) is 6.10 Å². The predicted molar refractivity (Wildman–Crippen MR) is 135 cm³/mol. The predicted octanol–water partition coefficient (Wildman–Crippen LogP) is 5.53. The smallest absolute Gasteiger partial charge is 0.410 e. The van der Waals surface area contributed by atoms with E-state index in [0.29, 0.717) is 31.2 Å². The van der Waals surface area contributed by atoms with E-state index in [4.69, 9.17) is 14.0 Å². The van der Waals surface area contributed by atoms with E-state index in [-0.39, 0.29) is 12.2 Å². The van der Waals surface area contributed by atoms with Crippen LogP contribution in [0.5, 0.6) is 5.75 Å². The number of hydrogen-bond donors (Lipinski definition) is 0. The fourth-order valence-corrected chi connectivity index (χ4v) is 4.03. The maximum Gasteiger partial charge on any atom is 0.410 e. The second-order valence-corrected chi connectivity index (χ2v) is 9.82. The fraction of sp³-hybridized carbons (Fsp3) is 0.407. The van der Waals surface area contributed by atoms with Crippen LogP contribution in [0.4, 0.5) is 4.79 Å². The van der Waals surface area contributed by atoms with Crippen molar-refractivity contribution >= 4 is 12.3 Å². The summed E-state index contributed by atoms with van der Waals surface area (Å²) >= 11 is 0. The summed E-state index contributed by atoms with van der Waals surface area (Å²) < 4.78 is 17.1. The third-order valence-corrected chi connectivity index (χ3v) is 5.47. The van der Waals surface area contributed by atoms with E-state index in [1.54, 1.807) is 18.2 Å². The molecule has 1 amide bonds. The molecular weight excluding hydrogens is 444 g/mol. The highest BCUT2D eigenvalue weighted by Crippen LogP contribution is 2.32. The molecule has 0 bridgehead atoms. The lowest BCUT2D eigenvalue weighted by Crippen LogP contribution is -2.40. The van der Waals surface area contributed by atoms with E-state index >= 15 is 0 Å². The number of fused-ring (bicyclic) bond motifs is 1. The molecule has 0 spiro atoms. The van der Waals surface area contributed by atoms with Crippen LogP contribution in [0.15, 0.2) is 45.9 Å². The van der Waals surface area contributed by atoms with E-state index in [2.05, 4.69) is 15.1 Å². The molecule has 1 aromatic heterocycles. The number of aromatic nitrogens is 2. The van der Waals surface area contributed by atoms with Crippen molar-refractivity contribution in [3.8, 4) is 28.6 Å². The Morgan fingerprint density at radius 3 is 2.74 bits per heavy atom. The van der Waals surface area contributed by atoms with Crippen molar-refractivity contribution in [2.75, 3.05) is 13.6 Å². The van der Waals surface area contributed by atoms with Crippen LogP contribution in [0, 0.1) is 0 Å². The van der Waals surface area contributed by atoms with Crippen molar-refractivity contribution < 1.29 is 18.8 Å². The first kappa shape index (κ1) is 24.4. The van der Waals surface area contributed by atoms with Gasteiger partial charge in [-0.25, -0.2) is 4.79 Å². The number of rotatable bonds is 5. The SMILES string of the molecule is CN=Cc1cc(-c2nc(-c3cccc4c3CCN(C(=O)OC(C)(C)C)C4)no2)ccc1OC(C)C. The topological polar surface area (TPSA) is 90.1 Å². The molecule has 4 rings (SSSR count). The lowest BCUT2D eigenvalue weighted by atomic mass is 9.94. The van der Waals surface area contributed by atoms with E-state index in [1.807, 2.05) is 71.0 Å². The number of carbonyl (C=O) groups excluding carboxylic acids is 1. The number of ether oxygens (including phenoxy) is 2. The third-order valence-electron chi connectivity index (χ3n) is 5.47. The van der Waals surface area contributed by atoms with Crippen LogP contribution >= 0.6 is 0 Å². The molecule has 0 fully saturated rings. The van der Waals surface area contributed by atoms with Crippen LogP contribution in [-0.4, -0.2) is 52.6 Å². The van der Waals surface area contributed by atoms with E-state index < -0.39 is 5.60 Å². The Kier molecular flexibility index (Phi) is 6.91. The largest absolute Gasteiger partial charge is 0.490 e. The molecule has 2 aromatic carbocycles. The summed E-state index contributed by atoms with van der Waals surface area (Å²) in [6, 6.07) is 11.7. The maximum atomic E-state index is 12.5. The van der Waals surface area contributed by atoms with Gasteiger partial charge in [0.25, 0.3) is 5.89 Å². The van der Waals surface area contributed by atoms with Gasteiger partial charge < -0.3 is 18.9 Å². The Hall–Kier alpha value is -3.68. The van der Waals surface area contributed by atoms with Crippen LogP contribution < -0.4 is 4.74 Å². The van der Waals surface area contributed by atoms with Gasteiger partial charge in [-0.15, -0.1) is 0 Å². The molecule has 8 nitrogen and oxygen atoms in total. The molecule has 0 radical (unpaired) electrons. The van der Waals surface area contributed by atoms with Gasteiger partial charge in [-0.05, 0) is 70.4 Å². The van der Waals surface area contributed by atoms with Gasteiger partial charge in [-0.1, -0.05) is 23.4 Å². The molecule has 1 aliphatic rings. The first-order valence-electron chi connectivity index (χ1n) is 11.8. The van der Waals surface area contributed by atoms with Gasteiger partial charge in [0.2, 0.25) is 5.82 Å². The molecule has 0 atom stereocenters. The van der Waals surface area contributed by atoms with Crippen molar-refractivity contribution in [3.05, 3.63) is 53.1 Å². The molecule has 35 heavy (non-hydrogen) atoms. The minimum atomic E-state index is -0.526. The van der Waals surface area contributed by atoms with Crippen molar-refractivity contribution in [3.63, 3.8) is 0 Å². The van der Waals surface area contributed by atoms with E-state index in [1.165, 1.54) is 0 Å². The number of nitrogens with zero attached hydrogens (tertiary/aromatic N) is 4. The summed E-state index contributed by atoms with van der Waals surface area (Å²) in [6.07, 6.45) is 2.19. The Morgan fingerprint density at radius 2 is 2.03 bits per heavy atom. The van der Waals surface area contributed by atoms with Crippen LogP contribution in [-0.2, 0) is 17.7 Å². The zero-order valence-electron chi connectivity index (χ0n) is 21.2. The first-order chi connectivity index (χ1) is 16.6. The molecular formula is C27H32N4O4. The quantitative estimate of drug-likeness (QED) is 0.450. The second kappa shape index (κ2) is 9.90. The lowest BCUT2D eigenvalue weighted by molar-refractivity contribution is 0.0224. The molecule has 0 unspecified atom stereocenters. The average Bonchev–Trinajstić information content (AvgIpc) is 3.28. The van der Waals surface area contributed by atoms with Crippen molar-refractivity contribution in [2.24, 2.45) is 4.99 Å². The molecule has 0 aliphatic carbocycles. The van der Waals surface area contributed by atoms with Crippen molar-refractivity contribution in [1.29, 1.82) is 0 Å². The molecule has 0 saturated heterocycles. The van der Waals surface area contributed by atoms with Gasteiger partial charge in [0.1, 0.15) is 11.4 Å². The van der Waals surface area contributed by atoms with Crippen LogP contribution in [0.1, 0.15) is 51.3 Å². The summed E-state index contributed by atoms with van der Waals surface area (Å²) in [5.74, 6) is 1.70. The second-order valence-electron chi connectivity index (χ2n) is 9.82. The zero-order chi connectivity index (χ0) is 25.2. The average molecular weight is 477 g/mol. The van der Waals surface area contributed by atoms with E-state index in [0.717, 1.165) is 33.6 Å². The van der Waals surface area contributed by atoms with Crippen molar-refractivity contribution in [2.45, 2.75) is 59.3 Å². The zero-order valence-corrected chi connectivity index (χ0v) is 21.2. The summed E-state index contributed by atoms with van der Waals surface area (Å²) in [4.78, 5) is 23.1. The highest BCUT2D eigenvalue weighted by atomic mass is 16.6. The molecule has 3 aromatic rings.